The summed E-state index contributed by atoms with van der Waals surface area (Å²) in [4.78, 5) is 10.9. The summed E-state index contributed by atoms with van der Waals surface area (Å²) in [6, 6.07) is 4.73. The van der Waals surface area contributed by atoms with Crippen LogP contribution in [0.5, 0.6) is 0 Å². The number of carboxylic acids is 1. The molecule has 7 heteroatoms. The standard InChI is InChI=1S/C11H12F3NO2S/c1-7-2-3-9(8(6-7)10(16)17)15-4-5-18-11(12,13)14/h2-3,6,15H,4-5H2,1H3,(H,16,17). The minimum Gasteiger partial charge on any atom is -0.478 e. The van der Waals surface area contributed by atoms with Crippen LogP contribution in [0.2, 0.25) is 0 Å². The topological polar surface area (TPSA) is 49.3 Å². The normalized spacial score (nSPS) is 11.3. The monoisotopic (exact) mass is 279 g/mol. The Morgan fingerprint density at radius 1 is 1.44 bits per heavy atom. The predicted molar refractivity (Wildman–Crippen MR) is 65.1 cm³/mol. The lowest BCUT2D eigenvalue weighted by Crippen LogP contribution is -2.12. The van der Waals surface area contributed by atoms with Crippen molar-refractivity contribution in [1.82, 2.24) is 0 Å². The smallest absolute Gasteiger partial charge is 0.441 e. The molecule has 0 aliphatic rings. The molecule has 0 amide bonds. The molecule has 0 bridgehead atoms. The van der Waals surface area contributed by atoms with Crippen molar-refractivity contribution < 1.29 is 23.1 Å². The Morgan fingerprint density at radius 2 is 2.11 bits per heavy atom. The average Bonchev–Trinajstić information content (AvgIpc) is 2.24. The zero-order valence-corrected chi connectivity index (χ0v) is 10.4. The molecule has 0 aliphatic heterocycles. The molecule has 0 radical (unpaired) electrons. The molecule has 1 aromatic rings. The Labute approximate surface area is 106 Å². The van der Waals surface area contributed by atoms with E-state index in [0.717, 1.165) is 5.56 Å². The summed E-state index contributed by atoms with van der Waals surface area (Å²) in [6.45, 7) is 1.79. The van der Waals surface area contributed by atoms with Crippen molar-refractivity contribution in [3.05, 3.63) is 29.3 Å². The highest BCUT2D eigenvalue weighted by molar-refractivity contribution is 8.00. The number of hydrogen-bond acceptors (Lipinski definition) is 3. The first-order valence-corrected chi connectivity index (χ1v) is 6.06. The molecule has 3 nitrogen and oxygen atoms in total. The van der Waals surface area contributed by atoms with Gasteiger partial charge in [0.2, 0.25) is 0 Å². The molecule has 1 rings (SSSR count). The molecule has 0 heterocycles. The average molecular weight is 279 g/mol. The van der Waals surface area contributed by atoms with Crippen LogP contribution < -0.4 is 5.32 Å². The van der Waals surface area contributed by atoms with Crippen LogP contribution in [0, 0.1) is 6.92 Å². The van der Waals surface area contributed by atoms with Gasteiger partial charge in [-0.15, -0.1) is 0 Å². The third-order valence-corrected chi connectivity index (χ3v) is 2.82. The number of benzene rings is 1. The van der Waals surface area contributed by atoms with E-state index in [2.05, 4.69) is 5.32 Å². The van der Waals surface area contributed by atoms with Gasteiger partial charge in [0, 0.05) is 18.0 Å². The maximum atomic E-state index is 11.9. The predicted octanol–water partition coefficient (Wildman–Crippen LogP) is 3.36. The molecule has 0 fully saturated rings. The first-order chi connectivity index (χ1) is 8.29. The van der Waals surface area contributed by atoms with E-state index in [9.17, 15) is 18.0 Å². The van der Waals surface area contributed by atoms with Crippen molar-refractivity contribution in [2.24, 2.45) is 0 Å². The van der Waals surface area contributed by atoms with Crippen LogP contribution in [0.1, 0.15) is 15.9 Å². The van der Waals surface area contributed by atoms with Crippen LogP contribution in [-0.4, -0.2) is 28.9 Å². The van der Waals surface area contributed by atoms with E-state index in [1.54, 1.807) is 19.1 Å². The maximum Gasteiger partial charge on any atom is 0.441 e. The Kier molecular flexibility index (Phi) is 4.89. The molecule has 0 saturated carbocycles. The van der Waals surface area contributed by atoms with Crippen molar-refractivity contribution in [3.8, 4) is 0 Å². The van der Waals surface area contributed by atoms with Gasteiger partial charge >= 0.3 is 11.5 Å². The van der Waals surface area contributed by atoms with Crippen LogP contribution in [0.15, 0.2) is 18.2 Å². The molecule has 0 saturated heterocycles. The van der Waals surface area contributed by atoms with Crippen LogP contribution in [0.25, 0.3) is 0 Å². The van der Waals surface area contributed by atoms with Crippen molar-refractivity contribution in [2.45, 2.75) is 12.4 Å². The van der Waals surface area contributed by atoms with Crippen molar-refractivity contribution in [2.75, 3.05) is 17.6 Å². The quantitative estimate of drug-likeness (QED) is 0.811. The highest BCUT2D eigenvalue weighted by Gasteiger charge is 2.27. The molecule has 18 heavy (non-hydrogen) atoms. The second kappa shape index (κ2) is 5.99. The molecule has 2 N–H and O–H groups in total. The van der Waals surface area contributed by atoms with Crippen molar-refractivity contribution >= 4 is 23.4 Å². The van der Waals surface area contributed by atoms with Crippen LogP contribution in [0.3, 0.4) is 0 Å². The molecule has 0 spiro atoms. The zero-order valence-electron chi connectivity index (χ0n) is 9.54. The van der Waals surface area contributed by atoms with Gasteiger partial charge in [-0.05, 0) is 30.8 Å². The van der Waals surface area contributed by atoms with E-state index in [1.807, 2.05) is 0 Å². The summed E-state index contributed by atoms with van der Waals surface area (Å²) in [6.07, 6.45) is 0. The Hall–Kier alpha value is -1.37. The minimum atomic E-state index is -4.26. The number of alkyl halides is 3. The second-order valence-electron chi connectivity index (χ2n) is 3.58. The van der Waals surface area contributed by atoms with E-state index in [1.165, 1.54) is 6.07 Å². The molecule has 0 aromatic heterocycles. The fourth-order valence-electron chi connectivity index (χ4n) is 1.34. The largest absolute Gasteiger partial charge is 0.478 e. The highest BCUT2D eigenvalue weighted by atomic mass is 32.2. The van der Waals surface area contributed by atoms with Gasteiger partial charge < -0.3 is 10.4 Å². The van der Waals surface area contributed by atoms with Gasteiger partial charge in [-0.25, -0.2) is 4.79 Å². The third kappa shape index (κ3) is 4.87. The molecule has 0 aliphatic carbocycles. The summed E-state index contributed by atoms with van der Waals surface area (Å²) < 4.78 is 35.6. The van der Waals surface area contributed by atoms with E-state index in [-0.39, 0.29) is 29.6 Å². The van der Waals surface area contributed by atoms with Gasteiger partial charge in [-0.1, -0.05) is 11.6 Å². The fraction of sp³-hybridized carbons (Fsp3) is 0.364. The first-order valence-electron chi connectivity index (χ1n) is 5.08. The number of carboxylic acid groups (broad SMARTS) is 1. The Balaban J connectivity index is 2.59. The summed E-state index contributed by atoms with van der Waals surface area (Å²) in [7, 11) is 0. The van der Waals surface area contributed by atoms with Gasteiger partial charge in [0.05, 0.1) is 5.56 Å². The molecular formula is C11H12F3NO2S. The van der Waals surface area contributed by atoms with Gasteiger partial charge in [-0.2, -0.15) is 13.2 Å². The minimum absolute atomic E-state index is 0.0491. The second-order valence-corrected chi connectivity index (χ2v) is 4.74. The number of hydrogen-bond donors (Lipinski definition) is 2. The molecule has 0 atom stereocenters. The number of anilines is 1. The van der Waals surface area contributed by atoms with Gasteiger partial charge in [0.15, 0.2) is 0 Å². The number of halogens is 3. The summed E-state index contributed by atoms with van der Waals surface area (Å²) >= 11 is -0.140. The maximum absolute atomic E-state index is 11.9. The summed E-state index contributed by atoms with van der Waals surface area (Å²) in [5.74, 6) is -1.28. The number of aryl methyl sites for hydroxylation is 1. The summed E-state index contributed by atoms with van der Waals surface area (Å²) in [5, 5.41) is 11.6. The Bertz CT molecular complexity index is 435. The SMILES string of the molecule is Cc1ccc(NCCSC(F)(F)F)c(C(=O)O)c1. The van der Waals surface area contributed by atoms with Crippen molar-refractivity contribution in [3.63, 3.8) is 0 Å². The zero-order chi connectivity index (χ0) is 13.8. The van der Waals surface area contributed by atoms with Gasteiger partial charge in [-0.3, -0.25) is 0 Å². The number of aromatic carboxylic acids is 1. The van der Waals surface area contributed by atoms with Crippen molar-refractivity contribution in [1.29, 1.82) is 0 Å². The number of thioether (sulfide) groups is 1. The number of rotatable bonds is 5. The highest BCUT2D eigenvalue weighted by Crippen LogP contribution is 2.29. The van der Waals surface area contributed by atoms with Crippen LogP contribution >= 0.6 is 11.8 Å². The molecular weight excluding hydrogens is 267 g/mol. The first kappa shape index (κ1) is 14.7. The van der Waals surface area contributed by atoms with E-state index < -0.39 is 11.5 Å². The van der Waals surface area contributed by atoms with E-state index >= 15 is 0 Å². The van der Waals surface area contributed by atoms with E-state index in [4.69, 9.17) is 5.11 Å². The number of carbonyl (C=O) groups is 1. The number of nitrogens with one attached hydrogen (secondary N) is 1. The summed E-state index contributed by atoms with van der Waals surface area (Å²) in [5.41, 5.74) is -3.09. The molecule has 0 unspecified atom stereocenters. The Morgan fingerprint density at radius 3 is 2.67 bits per heavy atom. The van der Waals surface area contributed by atoms with Gasteiger partial charge in [0.25, 0.3) is 0 Å². The fourth-order valence-corrected chi connectivity index (χ4v) is 1.78. The lowest BCUT2D eigenvalue weighted by atomic mass is 10.1. The third-order valence-electron chi connectivity index (χ3n) is 2.09. The molecule has 1 aromatic carbocycles. The molecule has 100 valence electrons. The van der Waals surface area contributed by atoms with Crippen LogP contribution in [-0.2, 0) is 0 Å². The lowest BCUT2D eigenvalue weighted by molar-refractivity contribution is -0.0327. The van der Waals surface area contributed by atoms with E-state index in [0.29, 0.717) is 5.69 Å². The van der Waals surface area contributed by atoms with Gasteiger partial charge in [0.1, 0.15) is 0 Å². The van der Waals surface area contributed by atoms with Crippen LogP contribution in [0.4, 0.5) is 18.9 Å². The lowest BCUT2D eigenvalue weighted by Gasteiger charge is -2.11.